The summed E-state index contributed by atoms with van der Waals surface area (Å²) < 4.78 is 6.78. The molecule has 0 saturated carbocycles. The summed E-state index contributed by atoms with van der Waals surface area (Å²) in [6.07, 6.45) is -0.258. The van der Waals surface area contributed by atoms with E-state index in [2.05, 4.69) is 20.8 Å². The van der Waals surface area contributed by atoms with Gasteiger partial charge in [0.15, 0.2) is 0 Å². The molecule has 0 radical (unpaired) electrons. The molecule has 2 aliphatic heterocycles. The van der Waals surface area contributed by atoms with E-state index in [0.717, 1.165) is 16.7 Å². The van der Waals surface area contributed by atoms with E-state index in [-0.39, 0.29) is 98.6 Å². The maximum atomic E-state index is 13.3. The number of methoxy groups -OCH3 is 1. The second-order valence-electron chi connectivity index (χ2n) is 8.08. The van der Waals surface area contributed by atoms with Crippen LogP contribution in [0.1, 0.15) is 14.8 Å². The average Bonchev–Trinajstić information content (AvgIpc) is 3.32. The Labute approximate surface area is 278 Å². The summed E-state index contributed by atoms with van der Waals surface area (Å²) in [5.41, 5.74) is 5.47. The molecule has 2 aliphatic rings. The number of anilines is 1. The standard InChI is InChI=1S/C21H23N7O7S2.2Na.2H/c1-35-21(23-14(29)8-11-4-2-3-5-13(11)22)18(34)28-16(17(32)33)12(9-36-19(21)28)10-37-20-24-25-26-27(20)7-6-15(30)31;;;;/h2-5,19H,6-10,22H2,1H3,(H,23,29)(H,30,31)(H,32,33);;;;/q;2*+1;2*-1/t19-,21+;;;;/m1..../s1. The number of rotatable bonds is 11. The summed E-state index contributed by atoms with van der Waals surface area (Å²) in [6, 6.07) is 6.85. The molecular weight excluding hydrogens is 572 g/mol. The number of carboxylic acids is 2. The zero-order valence-corrected chi connectivity index (χ0v) is 27.1. The number of carbonyl (C=O) groups is 4. The van der Waals surface area contributed by atoms with Crippen molar-refractivity contribution in [2.24, 2.45) is 0 Å². The topological polar surface area (TPSA) is 203 Å². The second-order valence-corrected chi connectivity index (χ2v) is 10.1. The van der Waals surface area contributed by atoms with Crippen molar-refractivity contribution in [2.75, 3.05) is 24.3 Å². The molecule has 3 heterocycles. The number of tetrazole rings is 1. The molecule has 200 valence electrons. The Hall–Kier alpha value is -1.63. The maximum absolute atomic E-state index is 13.3. The summed E-state index contributed by atoms with van der Waals surface area (Å²) in [4.78, 5) is 50.2. The van der Waals surface area contributed by atoms with Gasteiger partial charge in [-0.1, -0.05) is 30.0 Å². The summed E-state index contributed by atoms with van der Waals surface area (Å²) >= 11 is 2.38. The van der Waals surface area contributed by atoms with Crippen LogP contribution in [0.4, 0.5) is 5.69 Å². The van der Waals surface area contributed by atoms with Crippen molar-refractivity contribution in [3.8, 4) is 0 Å². The summed E-state index contributed by atoms with van der Waals surface area (Å²) in [5, 5.41) is 32.1. The van der Waals surface area contributed by atoms with Gasteiger partial charge in [-0.05, 0) is 27.6 Å². The molecule has 2 atom stereocenters. The third kappa shape index (κ3) is 7.00. The van der Waals surface area contributed by atoms with Crippen LogP contribution in [0.5, 0.6) is 0 Å². The number of aliphatic carboxylic acids is 2. The number of carboxylic acid groups (broad SMARTS) is 2. The van der Waals surface area contributed by atoms with Crippen LogP contribution in [0.2, 0.25) is 0 Å². The second kappa shape index (κ2) is 14.3. The Kier molecular flexibility index (Phi) is 12.3. The number of fused-ring (bicyclic) bond motifs is 1. The van der Waals surface area contributed by atoms with Gasteiger partial charge in [0.05, 0.1) is 19.4 Å². The number of para-hydroxylation sites is 1. The number of nitrogens with two attached hydrogens (primary N) is 1. The van der Waals surface area contributed by atoms with Gasteiger partial charge >= 0.3 is 71.1 Å². The van der Waals surface area contributed by atoms with Crippen molar-refractivity contribution in [1.82, 2.24) is 30.4 Å². The molecule has 5 N–H and O–H groups in total. The molecular formula is C21H25N7Na2O7S2. The molecule has 4 rings (SSSR count). The minimum absolute atomic E-state index is 0. The van der Waals surface area contributed by atoms with Gasteiger partial charge in [0.25, 0.3) is 11.6 Å². The average molecular weight is 598 g/mol. The number of amides is 2. The van der Waals surface area contributed by atoms with Crippen molar-refractivity contribution in [2.45, 2.75) is 35.6 Å². The molecule has 39 heavy (non-hydrogen) atoms. The van der Waals surface area contributed by atoms with Crippen LogP contribution < -0.4 is 70.2 Å². The van der Waals surface area contributed by atoms with Crippen LogP contribution in [-0.4, -0.2) is 88.8 Å². The zero-order chi connectivity index (χ0) is 26.7. The minimum atomic E-state index is -1.72. The first-order valence-electron chi connectivity index (χ1n) is 10.9. The quantitative estimate of drug-likeness (QED) is 0.0627. The first-order chi connectivity index (χ1) is 17.7. The molecule has 1 saturated heterocycles. The van der Waals surface area contributed by atoms with Gasteiger partial charge in [-0.15, -0.1) is 16.9 Å². The Morgan fingerprint density at radius 2 is 2.03 bits per heavy atom. The minimum Gasteiger partial charge on any atom is -1.00 e. The molecule has 0 spiro atoms. The third-order valence-corrected chi connectivity index (χ3v) is 8.19. The molecule has 2 aromatic rings. The largest absolute Gasteiger partial charge is 1.00 e. The van der Waals surface area contributed by atoms with Crippen molar-refractivity contribution < 1.29 is 96.1 Å². The van der Waals surface area contributed by atoms with E-state index < -0.39 is 34.9 Å². The predicted molar refractivity (Wildman–Crippen MR) is 133 cm³/mol. The molecule has 2 amide bonds. The monoisotopic (exact) mass is 597 g/mol. The first-order valence-corrected chi connectivity index (χ1v) is 12.9. The normalized spacial score (nSPS) is 19.8. The van der Waals surface area contributed by atoms with Crippen molar-refractivity contribution in [3.05, 3.63) is 41.1 Å². The number of aromatic nitrogens is 4. The Morgan fingerprint density at radius 1 is 1.31 bits per heavy atom. The van der Waals surface area contributed by atoms with Gasteiger partial charge < -0.3 is 28.9 Å². The SMILES string of the molecule is CO[C@@]1(NC(=O)Cc2ccccc2N)C(=O)N2C(C(=O)O)=C(CSc3nnnn3CCC(=O)O)CS[C@@H]21.[H-].[H-].[Na+].[Na+]. The Balaban J connectivity index is 0.00000400. The molecule has 1 fully saturated rings. The fraction of sp³-hybridized carbons (Fsp3) is 0.381. The van der Waals surface area contributed by atoms with Crippen molar-refractivity contribution in [1.29, 1.82) is 0 Å². The van der Waals surface area contributed by atoms with Crippen LogP contribution in [0.15, 0.2) is 40.7 Å². The van der Waals surface area contributed by atoms with Crippen LogP contribution in [-0.2, 0) is 36.9 Å². The van der Waals surface area contributed by atoms with Crippen molar-refractivity contribution >= 4 is 53.0 Å². The van der Waals surface area contributed by atoms with E-state index in [9.17, 15) is 24.3 Å². The number of β-lactam (4-membered cyclic amide) rings is 1. The molecule has 0 unspecified atom stereocenters. The zero-order valence-electron chi connectivity index (χ0n) is 23.5. The number of hydrogen-bond donors (Lipinski definition) is 4. The summed E-state index contributed by atoms with van der Waals surface area (Å²) in [7, 11) is 1.28. The number of aryl methyl sites for hydroxylation is 1. The predicted octanol–water partition coefficient (Wildman–Crippen LogP) is -5.99. The van der Waals surface area contributed by atoms with Gasteiger partial charge in [0.1, 0.15) is 11.1 Å². The van der Waals surface area contributed by atoms with Crippen LogP contribution in [0.25, 0.3) is 0 Å². The smallest absolute Gasteiger partial charge is 1.00 e. The number of thioether (sulfide) groups is 2. The van der Waals surface area contributed by atoms with Gasteiger partial charge in [0.2, 0.25) is 11.1 Å². The third-order valence-electron chi connectivity index (χ3n) is 5.78. The molecule has 0 bridgehead atoms. The first kappa shape index (κ1) is 33.6. The van der Waals surface area contributed by atoms with Crippen LogP contribution in [0, 0.1) is 0 Å². The van der Waals surface area contributed by atoms with Crippen LogP contribution >= 0.6 is 23.5 Å². The molecule has 14 nitrogen and oxygen atoms in total. The number of nitrogens with one attached hydrogen (secondary N) is 1. The molecule has 0 aliphatic carbocycles. The van der Waals surface area contributed by atoms with Crippen molar-refractivity contribution in [3.63, 3.8) is 0 Å². The molecule has 1 aromatic carbocycles. The van der Waals surface area contributed by atoms with E-state index in [1.54, 1.807) is 24.3 Å². The summed E-state index contributed by atoms with van der Waals surface area (Å²) in [5.74, 6) is -3.11. The van der Waals surface area contributed by atoms with Gasteiger partial charge in [-0.3, -0.25) is 19.3 Å². The molecule has 1 aromatic heterocycles. The van der Waals surface area contributed by atoms with E-state index in [0.29, 0.717) is 22.0 Å². The number of carbonyl (C=O) groups excluding carboxylic acids is 2. The number of benzene rings is 1. The number of ether oxygens (including phenoxy) is 1. The maximum Gasteiger partial charge on any atom is 1.00 e. The Bertz CT molecular complexity index is 1310. The fourth-order valence-corrected chi connectivity index (χ4v) is 6.45. The van der Waals surface area contributed by atoms with E-state index >= 15 is 0 Å². The van der Waals surface area contributed by atoms with E-state index in [4.69, 9.17) is 15.6 Å². The number of hydrogen-bond acceptors (Lipinski definition) is 11. The van der Waals surface area contributed by atoms with E-state index in [1.807, 2.05) is 0 Å². The molecule has 18 heteroatoms. The van der Waals surface area contributed by atoms with Gasteiger partial charge in [-0.25, -0.2) is 9.48 Å². The Morgan fingerprint density at radius 3 is 2.67 bits per heavy atom. The van der Waals surface area contributed by atoms with Gasteiger partial charge in [-0.2, -0.15) is 0 Å². The van der Waals surface area contributed by atoms with Gasteiger partial charge in [0, 0.05) is 24.3 Å². The van der Waals surface area contributed by atoms with E-state index in [1.165, 1.54) is 23.6 Å². The van der Waals surface area contributed by atoms with Crippen LogP contribution in [0.3, 0.4) is 0 Å². The summed E-state index contributed by atoms with van der Waals surface area (Å²) in [6.45, 7) is 0.0572. The number of nitrogens with zero attached hydrogens (tertiary/aromatic N) is 5. The number of nitrogen functional groups attached to an aromatic ring is 1. The fourth-order valence-electron chi connectivity index (χ4n) is 3.97.